The van der Waals surface area contributed by atoms with Crippen molar-refractivity contribution in [2.75, 3.05) is 18.9 Å². The first-order chi connectivity index (χ1) is 18.6. The van der Waals surface area contributed by atoms with Crippen LogP contribution in [-0.2, 0) is 21.5 Å². The molecule has 0 spiro atoms. The second-order valence-electron chi connectivity index (χ2n) is 12.3. The first kappa shape index (κ1) is 37.7. The number of benzene rings is 2. The number of rotatable bonds is 7. The van der Waals surface area contributed by atoms with Crippen molar-refractivity contribution in [1.29, 1.82) is 0 Å². The number of nitrogens with one attached hydrogen (secondary N) is 1. The average molecular weight is 669 g/mol. The van der Waals surface area contributed by atoms with Gasteiger partial charge in [-0.05, 0) is 54.7 Å². The molecular formula is C32H51Cl3CrN2OP+. The topological polar surface area (TPSA) is 33.6 Å². The predicted octanol–water partition coefficient (Wildman–Crippen LogP) is 11.0. The van der Waals surface area contributed by atoms with Crippen molar-refractivity contribution >= 4 is 49.7 Å². The zero-order chi connectivity index (χ0) is 30.5. The predicted molar refractivity (Wildman–Crippen MR) is 180 cm³/mol. The van der Waals surface area contributed by atoms with E-state index in [9.17, 15) is 0 Å². The van der Waals surface area contributed by atoms with Gasteiger partial charge in [0, 0.05) is 12.2 Å². The summed E-state index contributed by atoms with van der Waals surface area (Å²) in [5.74, 6) is 2.41. The van der Waals surface area contributed by atoms with Crippen molar-refractivity contribution in [2.45, 2.75) is 87.5 Å². The second kappa shape index (κ2) is 19.1. The van der Waals surface area contributed by atoms with Gasteiger partial charge in [-0.15, -0.1) is 0 Å². The maximum absolute atomic E-state index is 5.25. The Bertz CT molecular complexity index is 990. The van der Waals surface area contributed by atoms with Gasteiger partial charge in [0.05, 0.1) is 26.1 Å². The Hall–Kier alpha value is -0.298. The molecular weight excluding hydrogens is 618 g/mol. The summed E-state index contributed by atoms with van der Waals surface area (Å²) in [6.07, 6.45) is 4.86. The normalized spacial score (nSPS) is 13.9. The Morgan fingerprint density at radius 3 is 1.82 bits per heavy atom. The summed E-state index contributed by atoms with van der Waals surface area (Å²) in [7, 11) is 14.0. The Balaban J connectivity index is 0.000000756. The molecule has 8 heteroatoms. The van der Waals surface area contributed by atoms with Gasteiger partial charge in [-0.25, -0.2) is 16.7 Å². The zero-order valence-corrected chi connectivity index (χ0v) is 30.7. The molecule has 0 unspecified atom stereocenters. The quantitative estimate of drug-likeness (QED) is 0.138. The number of aryl methyl sites for hydroxylation is 3. The van der Waals surface area contributed by atoms with Crippen molar-refractivity contribution in [3.8, 4) is 0 Å². The van der Waals surface area contributed by atoms with Crippen LogP contribution in [0.15, 0.2) is 41.4 Å². The van der Waals surface area contributed by atoms with E-state index < -0.39 is 19.5 Å². The molecule has 1 heterocycles. The van der Waals surface area contributed by atoms with E-state index in [1.54, 1.807) is 0 Å². The Labute approximate surface area is 263 Å². The van der Waals surface area contributed by atoms with Crippen LogP contribution in [0.4, 0.5) is 5.69 Å². The van der Waals surface area contributed by atoms with Gasteiger partial charge in [0.25, 0.3) is 0 Å². The van der Waals surface area contributed by atoms with Crippen LogP contribution < -0.4 is 5.09 Å². The maximum atomic E-state index is 5.25. The van der Waals surface area contributed by atoms with E-state index in [4.69, 9.17) is 39.9 Å². The fourth-order valence-corrected chi connectivity index (χ4v) is 7.39. The SMILES string of the molecule is Cc1cc(C)c(N=C(N[PH+](CC(C)C)CC(C)C)c2ccc(C(C)(C)C)cc2)c(C)c1.[CH-]1CCCO1.[Cl][Cr+]([Cl])[Cl]. The molecule has 0 bridgehead atoms. The summed E-state index contributed by atoms with van der Waals surface area (Å²) in [4.78, 5) is 5.25. The summed E-state index contributed by atoms with van der Waals surface area (Å²) in [6, 6.07) is 13.5. The Kier molecular flexibility index (Phi) is 18.0. The van der Waals surface area contributed by atoms with Crippen molar-refractivity contribution in [3.05, 3.63) is 70.8 Å². The summed E-state index contributed by atoms with van der Waals surface area (Å²) in [5.41, 5.74) is 7.56. The van der Waals surface area contributed by atoms with E-state index in [-0.39, 0.29) is 5.41 Å². The Morgan fingerprint density at radius 1 is 0.975 bits per heavy atom. The minimum absolute atomic E-state index is 0.150. The van der Waals surface area contributed by atoms with Gasteiger partial charge in [-0.1, -0.05) is 96.8 Å². The molecule has 0 radical (unpaired) electrons. The first-order valence-electron chi connectivity index (χ1n) is 14.2. The number of hydrogen-bond donors (Lipinski definition) is 1. The number of amidine groups is 1. The third-order valence-electron chi connectivity index (χ3n) is 6.19. The molecule has 2 aromatic rings. The van der Waals surface area contributed by atoms with Crippen molar-refractivity contribution in [1.82, 2.24) is 5.09 Å². The molecule has 1 saturated heterocycles. The van der Waals surface area contributed by atoms with E-state index in [0.29, 0.717) is 11.8 Å². The van der Waals surface area contributed by atoms with Gasteiger partial charge < -0.3 is 4.74 Å². The molecule has 1 N–H and O–H groups in total. The zero-order valence-electron chi connectivity index (χ0n) is 26.1. The van der Waals surface area contributed by atoms with Crippen LogP contribution in [0.1, 0.15) is 89.1 Å². The molecule has 0 saturated carbocycles. The van der Waals surface area contributed by atoms with E-state index in [2.05, 4.69) is 111 Å². The molecule has 1 aliphatic heterocycles. The standard InChI is InChI=1S/C28H43N2P.C4H7O.3ClH.Cr/c1-19(2)17-31(18-20(3)4)30-27(24-11-13-25(14-12-24)28(8,9)10)29-26-22(6)15-21(5)16-23(26)7;1-2-4-5-3-1;;;;/h11-16,19-20H,17-18H2,1-10H3,(H,29,30);3H,1-2,4H2;3*1H;/q;-1;;;;+4/p-2. The van der Waals surface area contributed by atoms with E-state index in [1.807, 2.05) is 6.61 Å². The Morgan fingerprint density at radius 2 is 1.48 bits per heavy atom. The van der Waals surface area contributed by atoms with Crippen molar-refractivity contribution < 1.29 is 16.1 Å². The van der Waals surface area contributed by atoms with Crippen molar-refractivity contribution in [2.24, 2.45) is 16.8 Å². The molecule has 0 amide bonds. The van der Waals surface area contributed by atoms with Gasteiger partial charge in [-0.3, -0.25) is 0 Å². The molecule has 1 aliphatic rings. The van der Waals surface area contributed by atoms with E-state index in [1.165, 1.54) is 46.6 Å². The van der Waals surface area contributed by atoms with Gasteiger partial charge in [-0.2, -0.15) is 6.42 Å². The summed E-state index contributed by atoms with van der Waals surface area (Å²) < 4.78 is 4.82. The number of halogens is 3. The van der Waals surface area contributed by atoms with E-state index >= 15 is 0 Å². The molecule has 3 nitrogen and oxygen atoms in total. The second-order valence-corrected chi connectivity index (χ2v) is 20.9. The molecule has 1 fully saturated rings. The molecule has 3 rings (SSSR count). The van der Waals surface area contributed by atoms with Crippen LogP contribution in [0.25, 0.3) is 0 Å². The molecule has 226 valence electrons. The van der Waals surface area contributed by atoms with Gasteiger partial charge in [0.1, 0.15) is 0 Å². The molecule has 40 heavy (non-hydrogen) atoms. The van der Waals surface area contributed by atoms with Gasteiger partial charge >= 0.3 is 41.5 Å². The molecule has 0 aliphatic carbocycles. The molecule has 2 aromatic carbocycles. The summed E-state index contributed by atoms with van der Waals surface area (Å²) in [5, 5.41) is 3.96. The van der Waals surface area contributed by atoms with Crippen LogP contribution in [0.2, 0.25) is 0 Å². The monoisotopic (exact) mass is 667 g/mol. The number of nitrogens with zero attached hydrogens (tertiary/aromatic N) is 1. The van der Waals surface area contributed by atoms with Gasteiger partial charge in [0.15, 0.2) is 5.84 Å². The van der Waals surface area contributed by atoms with Crippen LogP contribution in [0.3, 0.4) is 0 Å². The number of hydrogen-bond acceptors (Lipinski definition) is 2. The molecule has 0 atom stereocenters. The minimum atomic E-state index is -1.62. The summed E-state index contributed by atoms with van der Waals surface area (Å²) in [6.45, 7) is 25.4. The molecule has 0 aromatic heterocycles. The third-order valence-corrected chi connectivity index (χ3v) is 9.40. The van der Waals surface area contributed by atoms with Crippen LogP contribution in [-0.4, -0.2) is 24.8 Å². The fourth-order valence-electron chi connectivity index (χ4n) is 4.51. The third kappa shape index (κ3) is 15.8. The summed E-state index contributed by atoms with van der Waals surface area (Å²) >= 11 is -1.62. The number of ether oxygens (including phenoxy) is 1. The van der Waals surface area contributed by atoms with Crippen LogP contribution in [0, 0.1) is 39.2 Å². The first-order valence-corrected chi connectivity index (χ1v) is 21.3. The van der Waals surface area contributed by atoms with Crippen molar-refractivity contribution in [3.63, 3.8) is 0 Å². The number of aliphatic imine (C=N–C) groups is 1. The van der Waals surface area contributed by atoms with E-state index in [0.717, 1.165) is 24.6 Å². The fraction of sp³-hybridized carbons (Fsp3) is 0.562. The van der Waals surface area contributed by atoms with Crippen LogP contribution in [0.5, 0.6) is 0 Å². The van der Waals surface area contributed by atoms with Gasteiger partial charge in [0.2, 0.25) is 0 Å². The average Bonchev–Trinajstić information content (AvgIpc) is 3.39. The van der Waals surface area contributed by atoms with Crippen LogP contribution >= 0.6 is 38.2 Å².